The van der Waals surface area contributed by atoms with E-state index in [9.17, 15) is 9.18 Å². The van der Waals surface area contributed by atoms with Crippen LogP contribution in [0.25, 0.3) is 5.69 Å². The maximum atomic E-state index is 13.1. The fourth-order valence-corrected chi connectivity index (χ4v) is 3.62. The second-order valence-electron chi connectivity index (χ2n) is 5.12. The average Bonchev–Trinajstić information content (AvgIpc) is 3.28. The number of carbonyl (C=O) groups is 1. The van der Waals surface area contributed by atoms with Gasteiger partial charge in [0.25, 0.3) is 5.91 Å². The molecule has 0 aliphatic rings. The number of anilines is 1. The quantitative estimate of drug-likeness (QED) is 0.349. The predicted molar refractivity (Wildman–Crippen MR) is 103 cm³/mol. The second kappa shape index (κ2) is 8.78. The zero-order valence-electron chi connectivity index (χ0n) is 14.4. The minimum atomic E-state index is -0.462. The number of ether oxygens (including phenoxy) is 1. The lowest BCUT2D eigenvalue weighted by molar-refractivity contribution is 0.101. The molecule has 7 nitrogen and oxygen atoms in total. The predicted octanol–water partition coefficient (Wildman–Crippen LogP) is 3.79. The number of amides is 1. The van der Waals surface area contributed by atoms with Gasteiger partial charge in [-0.25, -0.2) is 9.07 Å². The minimum Gasteiger partial charge on any atom is -0.490 e. The smallest absolute Gasteiger partial charge is 0.281 e. The van der Waals surface area contributed by atoms with Crippen LogP contribution in [0.1, 0.15) is 17.4 Å². The van der Waals surface area contributed by atoms with Crippen molar-refractivity contribution in [3.8, 4) is 11.4 Å². The molecule has 2 heterocycles. The lowest BCUT2D eigenvalue weighted by Crippen LogP contribution is -2.14. The average molecular weight is 405 g/mol. The molecule has 1 amide bonds. The van der Waals surface area contributed by atoms with E-state index in [0.29, 0.717) is 28.9 Å². The first-order chi connectivity index (χ1) is 13.1. The van der Waals surface area contributed by atoms with E-state index in [1.807, 2.05) is 6.92 Å². The van der Waals surface area contributed by atoms with Crippen molar-refractivity contribution in [3.63, 3.8) is 0 Å². The summed E-state index contributed by atoms with van der Waals surface area (Å²) in [5.74, 6) is 0.218. The van der Waals surface area contributed by atoms with Crippen molar-refractivity contribution in [3.05, 3.63) is 54.6 Å². The van der Waals surface area contributed by atoms with Crippen LogP contribution in [-0.2, 0) is 0 Å². The van der Waals surface area contributed by atoms with Gasteiger partial charge in [0.05, 0.1) is 18.5 Å². The van der Waals surface area contributed by atoms with E-state index in [1.165, 1.54) is 39.9 Å². The Kier molecular flexibility index (Phi) is 6.20. The van der Waals surface area contributed by atoms with Gasteiger partial charge in [-0.15, -0.1) is 16.8 Å². The molecule has 3 rings (SSSR count). The Bertz CT molecular complexity index is 939. The standard InChI is InChI=1S/C17H16FN5O2S2/c1-3-9-26-17-21-20-16(27-17)19-15(24)14-13(25-4-2)10-23(22-14)12-7-5-11(18)6-8-12/h3,5-8,10H,1,4,9H2,2H3,(H,19,20,24). The van der Waals surface area contributed by atoms with Crippen molar-refractivity contribution >= 4 is 34.1 Å². The highest BCUT2D eigenvalue weighted by molar-refractivity contribution is 8.01. The lowest BCUT2D eigenvalue weighted by Gasteiger charge is -2.02. The van der Waals surface area contributed by atoms with Crippen LogP contribution in [0.5, 0.6) is 5.75 Å². The molecule has 0 unspecified atom stereocenters. The molecule has 0 bridgehead atoms. The topological polar surface area (TPSA) is 81.9 Å². The van der Waals surface area contributed by atoms with E-state index in [4.69, 9.17) is 4.74 Å². The van der Waals surface area contributed by atoms with Crippen LogP contribution in [0.15, 0.2) is 47.5 Å². The Morgan fingerprint density at radius 2 is 2.19 bits per heavy atom. The number of hydrogen-bond acceptors (Lipinski definition) is 7. The fraction of sp³-hybridized carbons (Fsp3) is 0.176. The van der Waals surface area contributed by atoms with Gasteiger partial charge in [0.1, 0.15) is 5.82 Å². The number of rotatable bonds is 8. The van der Waals surface area contributed by atoms with Gasteiger partial charge in [-0.05, 0) is 31.2 Å². The second-order valence-corrected chi connectivity index (χ2v) is 7.37. The molecule has 0 fully saturated rings. The minimum absolute atomic E-state index is 0.108. The van der Waals surface area contributed by atoms with Crippen LogP contribution in [0, 0.1) is 5.82 Å². The Balaban J connectivity index is 1.81. The van der Waals surface area contributed by atoms with Crippen molar-refractivity contribution < 1.29 is 13.9 Å². The van der Waals surface area contributed by atoms with Crippen molar-refractivity contribution in [1.29, 1.82) is 0 Å². The Labute approximate surface area is 163 Å². The summed E-state index contributed by atoms with van der Waals surface area (Å²) in [5, 5.41) is 15.3. The first-order valence-electron chi connectivity index (χ1n) is 7.97. The van der Waals surface area contributed by atoms with Crippen LogP contribution in [0.4, 0.5) is 9.52 Å². The van der Waals surface area contributed by atoms with Gasteiger partial charge in [-0.2, -0.15) is 5.10 Å². The number of nitrogens with zero attached hydrogens (tertiary/aromatic N) is 4. The van der Waals surface area contributed by atoms with E-state index in [0.717, 1.165) is 4.34 Å². The maximum absolute atomic E-state index is 13.1. The summed E-state index contributed by atoms with van der Waals surface area (Å²) in [4.78, 5) is 12.6. The number of carbonyl (C=O) groups excluding carboxylic acids is 1. The summed E-state index contributed by atoms with van der Waals surface area (Å²) in [7, 11) is 0. The van der Waals surface area contributed by atoms with Crippen LogP contribution >= 0.6 is 23.1 Å². The monoisotopic (exact) mass is 405 g/mol. The van der Waals surface area contributed by atoms with Crippen LogP contribution in [0.2, 0.25) is 0 Å². The number of aromatic nitrogens is 4. The van der Waals surface area contributed by atoms with Crippen molar-refractivity contribution in [2.75, 3.05) is 17.7 Å². The normalized spacial score (nSPS) is 10.6. The van der Waals surface area contributed by atoms with Gasteiger partial charge in [0.15, 0.2) is 15.8 Å². The van der Waals surface area contributed by atoms with Crippen LogP contribution in [-0.4, -0.2) is 38.2 Å². The third kappa shape index (κ3) is 4.72. The third-order valence-corrected chi connectivity index (χ3v) is 5.21. The molecule has 10 heteroatoms. The summed E-state index contributed by atoms with van der Waals surface area (Å²) < 4.78 is 20.8. The zero-order valence-corrected chi connectivity index (χ0v) is 16.0. The molecule has 0 atom stereocenters. The van der Waals surface area contributed by atoms with Crippen LogP contribution in [0.3, 0.4) is 0 Å². The van der Waals surface area contributed by atoms with Crippen molar-refractivity contribution in [2.24, 2.45) is 0 Å². The van der Waals surface area contributed by atoms with Gasteiger partial charge in [-0.1, -0.05) is 29.2 Å². The van der Waals surface area contributed by atoms with E-state index in [1.54, 1.807) is 24.4 Å². The molecule has 2 aromatic heterocycles. The van der Waals surface area contributed by atoms with Crippen LogP contribution < -0.4 is 10.1 Å². The molecule has 0 spiro atoms. The molecule has 0 aliphatic heterocycles. The zero-order chi connectivity index (χ0) is 19.2. The number of halogens is 1. The summed E-state index contributed by atoms with van der Waals surface area (Å²) in [6, 6.07) is 5.77. The highest BCUT2D eigenvalue weighted by Gasteiger charge is 2.20. The van der Waals surface area contributed by atoms with Gasteiger partial charge in [-0.3, -0.25) is 10.1 Å². The number of thioether (sulfide) groups is 1. The molecular weight excluding hydrogens is 389 g/mol. The van der Waals surface area contributed by atoms with Gasteiger partial charge >= 0.3 is 0 Å². The molecule has 1 aromatic carbocycles. The molecule has 0 radical (unpaired) electrons. The van der Waals surface area contributed by atoms with Crippen molar-refractivity contribution in [1.82, 2.24) is 20.0 Å². The maximum Gasteiger partial charge on any atom is 0.281 e. The molecular formula is C17H16FN5O2S2. The number of hydrogen-bond donors (Lipinski definition) is 1. The number of nitrogens with one attached hydrogen (secondary N) is 1. The van der Waals surface area contributed by atoms with E-state index in [-0.39, 0.29) is 11.5 Å². The number of benzene rings is 1. The van der Waals surface area contributed by atoms with E-state index >= 15 is 0 Å². The molecule has 0 aliphatic carbocycles. The molecule has 0 saturated carbocycles. The molecule has 140 valence electrons. The first-order valence-corrected chi connectivity index (χ1v) is 9.78. The summed E-state index contributed by atoms with van der Waals surface area (Å²) in [5.41, 5.74) is 0.715. The van der Waals surface area contributed by atoms with Gasteiger partial charge in [0, 0.05) is 5.75 Å². The highest BCUT2D eigenvalue weighted by Crippen LogP contribution is 2.27. The highest BCUT2D eigenvalue weighted by atomic mass is 32.2. The summed E-state index contributed by atoms with van der Waals surface area (Å²) >= 11 is 2.74. The molecule has 1 N–H and O–H groups in total. The molecule has 0 saturated heterocycles. The van der Waals surface area contributed by atoms with Crippen molar-refractivity contribution in [2.45, 2.75) is 11.3 Å². The third-order valence-electron chi connectivity index (χ3n) is 3.24. The largest absolute Gasteiger partial charge is 0.490 e. The Morgan fingerprint density at radius 3 is 2.89 bits per heavy atom. The molecule has 3 aromatic rings. The van der Waals surface area contributed by atoms with Gasteiger partial charge < -0.3 is 4.74 Å². The van der Waals surface area contributed by atoms with Gasteiger partial charge in [0.2, 0.25) is 5.13 Å². The first kappa shape index (κ1) is 19.1. The Morgan fingerprint density at radius 1 is 1.41 bits per heavy atom. The fourth-order valence-electron chi connectivity index (χ4n) is 2.11. The lowest BCUT2D eigenvalue weighted by atomic mass is 10.3. The Hall–Kier alpha value is -2.72. The summed E-state index contributed by atoms with van der Waals surface area (Å²) in [6.07, 6.45) is 3.35. The van der Waals surface area contributed by atoms with E-state index in [2.05, 4.69) is 27.2 Å². The summed E-state index contributed by atoms with van der Waals surface area (Å²) in [6.45, 7) is 5.83. The van der Waals surface area contributed by atoms with E-state index < -0.39 is 5.91 Å². The SMILES string of the molecule is C=CCSc1nnc(NC(=O)c2nn(-c3ccc(F)cc3)cc2OCC)s1. The molecule has 27 heavy (non-hydrogen) atoms.